The lowest BCUT2D eigenvalue weighted by Gasteiger charge is -2.09. The van der Waals surface area contributed by atoms with Crippen molar-refractivity contribution in [3.8, 4) is 0 Å². The number of aromatic nitrogens is 1. The predicted octanol–water partition coefficient (Wildman–Crippen LogP) is 4.43. The summed E-state index contributed by atoms with van der Waals surface area (Å²) in [4.78, 5) is 16.1. The van der Waals surface area contributed by atoms with Crippen LogP contribution in [0.1, 0.15) is 12.8 Å². The van der Waals surface area contributed by atoms with Crippen molar-refractivity contribution in [1.29, 1.82) is 0 Å². The zero-order chi connectivity index (χ0) is 20.7. The molecule has 0 aliphatic heterocycles. The maximum absolute atomic E-state index is 12.3. The van der Waals surface area contributed by atoms with E-state index in [0.29, 0.717) is 35.2 Å². The normalized spacial score (nSPS) is 11.1. The van der Waals surface area contributed by atoms with Gasteiger partial charge in [0, 0.05) is 40.9 Å². The molecule has 7 nitrogen and oxygen atoms in total. The van der Waals surface area contributed by atoms with Crippen molar-refractivity contribution in [1.82, 2.24) is 4.98 Å². The molecule has 10 heteroatoms. The topological polar surface area (TPSA) is 100 Å². The van der Waals surface area contributed by atoms with Crippen LogP contribution in [0.5, 0.6) is 0 Å². The number of amides is 1. The van der Waals surface area contributed by atoms with E-state index in [1.807, 2.05) is 12.1 Å². The van der Waals surface area contributed by atoms with Crippen LogP contribution in [0.4, 0.5) is 16.5 Å². The van der Waals surface area contributed by atoms with Gasteiger partial charge in [0.2, 0.25) is 5.91 Å². The molecule has 1 amide bonds. The first-order valence-corrected chi connectivity index (χ1v) is 11.5. The summed E-state index contributed by atoms with van der Waals surface area (Å²) in [5.41, 5.74) is 1.48. The molecule has 0 radical (unpaired) electrons. The van der Waals surface area contributed by atoms with Gasteiger partial charge in [-0.05, 0) is 55.0 Å². The summed E-state index contributed by atoms with van der Waals surface area (Å²) in [6, 6.07) is 13.3. The molecule has 3 rings (SSSR count). The number of halogens is 1. The first-order valence-electron chi connectivity index (χ1n) is 8.74. The van der Waals surface area contributed by atoms with Crippen LogP contribution < -0.4 is 15.4 Å². The van der Waals surface area contributed by atoms with E-state index in [9.17, 15) is 13.2 Å². The van der Waals surface area contributed by atoms with Crippen molar-refractivity contribution in [2.45, 2.75) is 17.7 Å². The number of hydrogen-bond donors (Lipinski definition) is 3. The summed E-state index contributed by atoms with van der Waals surface area (Å²) in [6.45, 7) is 0.647. The Bertz CT molecular complexity index is 1040. The summed E-state index contributed by atoms with van der Waals surface area (Å²) in [5, 5.41) is 8.64. The first-order chi connectivity index (χ1) is 13.9. The number of benzene rings is 2. The highest BCUT2D eigenvalue weighted by Gasteiger charge is 2.15. The third kappa shape index (κ3) is 6.45. The van der Waals surface area contributed by atoms with Crippen molar-refractivity contribution >= 4 is 55.4 Å². The van der Waals surface area contributed by atoms with E-state index in [0.717, 1.165) is 5.69 Å². The largest absolute Gasteiger partial charge is 0.385 e. The highest BCUT2D eigenvalue weighted by molar-refractivity contribution is 7.93. The summed E-state index contributed by atoms with van der Waals surface area (Å²) in [7, 11) is -3.71. The molecule has 3 N–H and O–H groups in total. The van der Waals surface area contributed by atoms with E-state index in [-0.39, 0.29) is 10.8 Å². The number of thiazole rings is 1. The summed E-state index contributed by atoms with van der Waals surface area (Å²) in [5.74, 6) is -0.139. The van der Waals surface area contributed by atoms with Gasteiger partial charge >= 0.3 is 0 Å². The monoisotopic (exact) mass is 450 g/mol. The Labute approximate surface area is 178 Å². The predicted molar refractivity (Wildman–Crippen MR) is 117 cm³/mol. The number of sulfonamides is 1. The molecule has 0 atom stereocenters. The molecule has 0 saturated carbocycles. The van der Waals surface area contributed by atoms with Crippen molar-refractivity contribution < 1.29 is 13.2 Å². The quantitative estimate of drug-likeness (QED) is 0.419. The van der Waals surface area contributed by atoms with Crippen LogP contribution in [0.25, 0.3) is 0 Å². The zero-order valence-corrected chi connectivity index (χ0v) is 17.7. The minimum atomic E-state index is -3.71. The van der Waals surface area contributed by atoms with Gasteiger partial charge in [0.1, 0.15) is 0 Å². The van der Waals surface area contributed by atoms with Crippen LogP contribution in [0.15, 0.2) is 65.0 Å². The van der Waals surface area contributed by atoms with Gasteiger partial charge in [0.15, 0.2) is 5.13 Å². The number of nitrogens with one attached hydrogen (secondary N) is 3. The second-order valence-electron chi connectivity index (χ2n) is 6.05. The lowest BCUT2D eigenvalue weighted by Crippen LogP contribution is -2.14. The third-order valence-corrected chi connectivity index (χ3v) is 6.28. The van der Waals surface area contributed by atoms with Gasteiger partial charge in [-0.25, -0.2) is 13.4 Å². The molecule has 0 aliphatic carbocycles. The number of nitrogens with zero attached hydrogens (tertiary/aromatic N) is 1. The SMILES string of the molecule is O=C(CCCNc1ccc(Cl)cc1)Nc1ccc(S(=O)(=O)Nc2nccs2)cc1. The molecule has 0 saturated heterocycles. The molecule has 29 heavy (non-hydrogen) atoms. The molecule has 0 aliphatic rings. The summed E-state index contributed by atoms with van der Waals surface area (Å²) < 4.78 is 27.0. The van der Waals surface area contributed by atoms with Gasteiger partial charge < -0.3 is 10.6 Å². The van der Waals surface area contributed by atoms with Gasteiger partial charge in [0.05, 0.1) is 4.90 Å². The molecule has 2 aromatic carbocycles. The van der Waals surface area contributed by atoms with E-state index in [4.69, 9.17) is 11.6 Å². The van der Waals surface area contributed by atoms with Gasteiger partial charge in [-0.3, -0.25) is 9.52 Å². The van der Waals surface area contributed by atoms with E-state index in [1.165, 1.54) is 29.7 Å². The van der Waals surface area contributed by atoms with Crippen molar-refractivity contribution in [3.63, 3.8) is 0 Å². The average molecular weight is 451 g/mol. The Kier molecular flexibility index (Phi) is 7.08. The van der Waals surface area contributed by atoms with Gasteiger partial charge in [-0.15, -0.1) is 11.3 Å². The van der Waals surface area contributed by atoms with Crippen LogP contribution in [-0.2, 0) is 14.8 Å². The van der Waals surface area contributed by atoms with Crippen LogP contribution in [0.2, 0.25) is 5.02 Å². The average Bonchev–Trinajstić information content (AvgIpc) is 3.19. The lowest BCUT2D eigenvalue weighted by atomic mass is 10.2. The Morgan fingerprint density at radius 1 is 1.03 bits per heavy atom. The fraction of sp³-hybridized carbons (Fsp3) is 0.158. The third-order valence-electron chi connectivity index (χ3n) is 3.86. The van der Waals surface area contributed by atoms with Gasteiger partial charge in [-0.2, -0.15) is 0 Å². The van der Waals surface area contributed by atoms with E-state index >= 15 is 0 Å². The molecule has 0 unspecified atom stereocenters. The number of carbonyl (C=O) groups excluding carboxylic acids is 1. The standard InChI is InChI=1S/C19H19ClN4O3S2/c20-14-3-5-15(6-4-14)21-11-1-2-18(25)23-16-7-9-17(10-8-16)29(26,27)24-19-22-12-13-28-19/h3-10,12-13,21H,1-2,11H2,(H,22,24)(H,23,25). The van der Waals surface area contributed by atoms with Gasteiger partial charge in [0.25, 0.3) is 10.0 Å². The Balaban J connectivity index is 1.45. The van der Waals surface area contributed by atoms with Crippen molar-refractivity contribution in [2.75, 3.05) is 21.9 Å². The zero-order valence-electron chi connectivity index (χ0n) is 15.3. The highest BCUT2D eigenvalue weighted by Crippen LogP contribution is 2.20. The van der Waals surface area contributed by atoms with Crippen LogP contribution in [0.3, 0.4) is 0 Å². The lowest BCUT2D eigenvalue weighted by molar-refractivity contribution is -0.116. The van der Waals surface area contributed by atoms with E-state index < -0.39 is 10.0 Å². The smallest absolute Gasteiger partial charge is 0.263 e. The molecular weight excluding hydrogens is 432 g/mol. The number of hydrogen-bond acceptors (Lipinski definition) is 6. The molecule has 1 heterocycles. The maximum Gasteiger partial charge on any atom is 0.263 e. The number of carbonyl (C=O) groups is 1. The Hall–Kier alpha value is -2.62. The summed E-state index contributed by atoms with van der Waals surface area (Å²) >= 11 is 7.03. The molecule has 1 aromatic heterocycles. The minimum Gasteiger partial charge on any atom is -0.385 e. The number of anilines is 3. The van der Waals surface area contributed by atoms with E-state index in [2.05, 4.69) is 20.3 Å². The molecule has 3 aromatic rings. The second-order valence-corrected chi connectivity index (χ2v) is 9.07. The summed E-state index contributed by atoms with van der Waals surface area (Å²) in [6.07, 6.45) is 2.51. The van der Waals surface area contributed by atoms with E-state index in [1.54, 1.807) is 29.6 Å². The second kappa shape index (κ2) is 9.73. The molecule has 152 valence electrons. The fourth-order valence-corrected chi connectivity index (χ4v) is 4.35. The molecule has 0 bridgehead atoms. The fourth-order valence-electron chi connectivity index (χ4n) is 2.44. The van der Waals surface area contributed by atoms with Crippen molar-refractivity contribution in [2.24, 2.45) is 0 Å². The highest BCUT2D eigenvalue weighted by atomic mass is 35.5. The van der Waals surface area contributed by atoms with Crippen LogP contribution in [0, 0.1) is 0 Å². The van der Waals surface area contributed by atoms with Crippen LogP contribution >= 0.6 is 22.9 Å². The number of rotatable bonds is 9. The Morgan fingerprint density at radius 2 is 1.72 bits per heavy atom. The first kappa shape index (κ1) is 21.1. The maximum atomic E-state index is 12.3. The minimum absolute atomic E-state index is 0.0952. The Morgan fingerprint density at radius 3 is 2.38 bits per heavy atom. The molecule has 0 fully saturated rings. The molecular formula is C19H19ClN4O3S2. The molecule has 0 spiro atoms. The van der Waals surface area contributed by atoms with Gasteiger partial charge in [-0.1, -0.05) is 11.6 Å². The van der Waals surface area contributed by atoms with Crippen LogP contribution in [-0.4, -0.2) is 25.9 Å². The van der Waals surface area contributed by atoms with Crippen molar-refractivity contribution in [3.05, 3.63) is 65.1 Å².